The second kappa shape index (κ2) is 3.32. The van der Waals surface area contributed by atoms with Crippen molar-refractivity contribution in [2.75, 3.05) is 0 Å². The number of fused-ring (bicyclic) bond motifs is 1. The molecule has 2 rings (SSSR count). The summed E-state index contributed by atoms with van der Waals surface area (Å²) in [4.78, 5) is 0. The van der Waals surface area contributed by atoms with E-state index in [1.807, 2.05) is 0 Å². The number of phenolic OH excluding ortho intramolecular Hbond substituents is 1. The molecule has 14 heavy (non-hydrogen) atoms. The van der Waals surface area contributed by atoms with E-state index in [-0.39, 0.29) is 11.8 Å². The second-order valence-electron chi connectivity index (χ2n) is 3.64. The highest BCUT2D eigenvalue weighted by Crippen LogP contribution is 2.35. The number of hydrogen-bond donors (Lipinski definition) is 2. The lowest BCUT2D eigenvalue weighted by Gasteiger charge is -2.23. The Labute approximate surface area is 82.8 Å². The SMILES string of the molecule is N#Cc1ccc(O)c2c1[C@H](N)CCC2. The summed E-state index contributed by atoms with van der Waals surface area (Å²) in [6.07, 6.45) is 2.70. The predicted octanol–water partition coefficient (Wildman–Crippen LogP) is 1.60. The maximum atomic E-state index is 9.63. The highest BCUT2D eigenvalue weighted by atomic mass is 16.3. The lowest BCUT2D eigenvalue weighted by Crippen LogP contribution is -2.19. The first-order chi connectivity index (χ1) is 6.74. The summed E-state index contributed by atoms with van der Waals surface area (Å²) in [6.45, 7) is 0. The molecule has 3 N–H and O–H groups in total. The minimum atomic E-state index is -0.0968. The van der Waals surface area contributed by atoms with Crippen LogP contribution in [0.1, 0.15) is 35.6 Å². The van der Waals surface area contributed by atoms with Gasteiger partial charge in [-0.25, -0.2) is 0 Å². The molecule has 1 aromatic carbocycles. The van der Waals surface area contributed by atoms with Gasteiger partial charge in [-0.05, 0) is 42.5 Å². The highest BCUT2D eigenvalue weighted by molar-refractivity contribution is 5.51. The lowest BCUT2D eigenvalue weighted by atomic mass is 9.85. The number of hydrogen-bond acceptors (Lipinski definition) is 3. The fourth-order valence-electron chi connectivity index (χ4n) is 2.08. The first-order valence-electron chi connectivity index (χ1n) is 4.74. The summed E-state index contributed by atoms with van der Waals surface area (Å²) in [5, 5.41) is 18.5. The molecule has 0 bridgehead atoms. The Kier molecular flexibility index (Phi) is 2.14. The molecule has 0 aliphatic heterocycles. The molecule has 72 valence electrons. The van der Waals surface area contributed by atoms with E-state index in [9.17, 15) is 5.11 Å². The molecule has 0 saturated heterocycles. The predicted molar refractivity (Wildman–Crippen MR) is 52.7 cm³/mol. The summed E-state index contributed by atoms with van der Waals surface area (Å²) in [5.41, 5.74) is 8.24. The van der Waals surface area contributed by atoms with Crippen molar-refractivity contribution in [3.8, 4) is 11.8 Å². The van der Waals surface area contributed by atoms with E-state index < -0.39 is 0 Å². The van der Waals surface area contributed by atoms with Crippen LogP contribution in [0.15, 0.2) is 12.1 Å². The average Bonchev–Trinajstić information content (AvgIpc) is 2.20. The summed E-state index contributed by atoms with van der Waals surface area (Å²) < 4.78 is 0. The third-order valence-electron chi connectivity index (χ3n) is 2.77. The average molecular weight is 188 g/mol. The van der Waals surface area contributed by atoms with E-state index in [2.05, 4.69) is 6.07 Å². The normalized spacial score (nSPS) is 19.9. The molecule has 1 aliphatic rings. The van der Waals surface area contributed by atoms with E-state index in [1.165, 1.54) is 0 Å². The molecule has 1 aliphatic carbocycles. The third kappa shape index (κ3) is 1.24. The van der Waals surface area contributed by atoms with Gasteiger partial charge in [0.05, 0.1) is 11.6 Å². The summed E-state index contributed by atoms with van der Waals surface area (Å²) >= 11 is 0. The standard InChI is InChI=1S/C11H12N2O/c12-6-7-4-5-10(14)8-2-1-3-9(13)11(7)8/h4-5,9,14H,1-3,13H2/t9-/m1/s1. The van der Waals surface area contributed by atoms with Crippen LogP contribution in [0, 0.1) is 11.3 Å². The van der Waals surface area contributed by atoms with Crippen LogP contribution >= 0.6 is 0 Å². The van der Waals surface area contributed by atoms with Crippen LogP contribution in [-0.2, 0) is 6.42 Å². The number of phenols is 1. The van der Waals surface area contributed by atoms with Crippen molar-refractivity contribution in [3.63, 3.8) is 0 Å². The van der Waals surface area contributed by atoms with Gasteiger partial charge in [0.2, 0.25) is 0 Å². The number of rotatable bonds is 0. The first-order valence-corrected chi connectivity index (χ1v) is 4.74. The zero-order valence-electron chi connectivity index (χ0n) is 7.83. The first kappa shape index (κ1) is 9.04. The van der Waals surface area contributed by atoms with Gasteiger partial charge in [0.1, 0.15) is 5.75 Å². The molecule has 0 spiro atoms. The Morgan fingerprint density at radius 1 is 1.50 bits per heavy atom. The van der Waals surface area contributed by atoms with E-state index in [0.29, 0.717) is 5.56 Å². The maximum Gasteiger partial charge on any atom is 0.119 e. The number of aromatic hydroxyl groups is 1. The van der Waals surface area contributed by atoms with Crippen LogP contribution in [0.3, 0.4) is 0 Å². The summed E-state index contributed by atoms with van der Waals surface area (Å²) in [5.74, 6) is 0.272. The maximum absolute atomic E-state index is 9.63. The molecule has 3 heteroatoms. The van der Waals surface area contributed by atoms with Gasteiger partial charge in [0, 0.05) is 6.04 Å². The van der Waals surface area contributed by atoms with Crippen LogP contribution in [0.4, 0.5) is 0 Å². The van der Waals surface area contributed by atoms with Gasteiger partial charge in [-0.2, -0.15) is 5.26 Å². The highest BCUT2D eigenvalue weighted by Gasteiger charge is 2.22. The molecular formula is C11H12N2O. The zero-order valence-corrected chi connectivity index (χ0v) is 7.83. The van der Waals surface area contributed by atoms with Crippen LogP contribution in [-0.4, -0.2) is 5.11 Å². The zero-order chi connectivity index (χ0) is 10.1. The summed E-state index contributed by atoms with van der Waals surface area (Å²) in [6, 6.07) is 5.24. The Bertz CT molecular complexity index is 406. The Morgan fingerprint density at radius 3 is 3.00 bits per heavy atom. The monoisotopic (exact) mass is 188 g/mol. The number of nitriles is 1. The molecular weight excluding hydrogens is 176 g/mol. The molecule has 1 atom stereocenters. The fourth-order valence-corrected chi connectivity index (χ4v) is 2.08. The van der Waals surface area contributed by atoms with Crippen molar-refractivity contribution in [3.05, 3.63) is 28.8 Å². The van der Waals surface area contributed by atoms with Crippen molar-refractivity contribution in [2.24, 2.45) is 5.73 Å². The van der Waals surface area contributed by atoms with Gasteiger partial charge in [0.25, 0.3) is 0 Å². The van der Waals surface area contributed by atoms with E-state index >= 15 is 0 Å². The number of nitrogens with zero attached hydrogens (tertiary/aromatic N) is 1. The quantitative estimate of drug-likeness (QED) is 0.649. The fraction of sp³-hybridized carbons (Fsp3) is 0.364. The van der Waals surface area contributed by atoms with Gasteiger partial charge in [-0.15, -0.1) is 0 Å². The molecule has 0 radical (unpaired) electrons. The Balaban J connectivity index is 2.65. The van der Waals surface area contributed by atoms with Gasteiger partial charge < -0.3 is 10.8 Å². The molecule has 0 fully saturated rings. The molecule has 0 aromatic heterocycles. The minimum absolute atomic E-state index is 0.0968. The van der Waals surface area contributed by atoms with Crippen molar-refractivity contribution in [1.82, 2.24) is 0 Å². The lowest BCUT2D eigenvalue weighted by molar-refractivity contribution is 0.455. The number of nitrogens with two attached hydrogens (primary N) is 1. The smallest absolute Gasteiger partial charge is 0.119 e. The van der Waals surface area contributed by atoms with Crippen LogP contribution in [0.25, 0.3) is 0 Å². The Morgan fingerprint density at radius 2 is 2.29 bits per heavy atom. The van der Waals surface area contributed by atoms with E-state index in [1.54, 1.807) is 12.1 Å². The largest absolute Gasteiger partial charge is 0.508 e. The van der Waals surface area contributed by atoms with Crippen LogP contribution in [0.5, 0.6) is 5.75 Å². The Hall–Kier alpha value is -1.53. The molecule has 0 amide bonds. The number of benzene rings is 1. The van der Waals surface area contributed by atoms with Gasteiger partial charge in [-0.1, -0.05) is 0 Å². The van der Waals surface area contributed by atoms with Crippen molar-refractivity contribution in [1.29, 1.82) is 5.26 Å². The second-order valence-corrected chi connectivity index (χ2v) is 3.64. The van der Waals surface area contributed by atoms with E-state index in [0.717, 1.165) is 30.4 Å². The van der Waals surface area contributed by atoms with E-state index in [4.69, 9.17) is 11.0 Å². The molecule has 1 aromatic rings. The topological polar surface area (TPSA) is 70.0 Å². The minimum Gasteiger partial charge on any atom is -0.508 e. The molecule has 0 saturated carbocycles. The summed E-state index contributed by atoms with van der Waals surface area (Å²) in [7, 11) is 0. The molecule has 3 nitrogen and oxygen atoms in total. The molecule has 0 unspecified atom stereocenters. The van der Waals surface area contributed by atoms with Crippen molar-refractivity contribution in [2.45, 2.75) is 25.3 Å². The van der Waals surface area contributed by atoms with Crippen molar-refractivity contribution < 1.29 is 5.11 Å². The van der Waals surface area contributed by atoms with Crippen LogP contribution < -0.4 is 5.73 Å². The van der Waals surface area contributed by atoms with Gasteiger partial charge in [0.15, 0.2) is 0 Å². The van der Waals surface area contributed by atoms with Gasteiger partial charge >= 0.3 is 0 Å². The third-order valence-corrected chi connectivity index (χ3v) is 2.77. The van der Waals surface area contributed by atoms with Gasteiger partial charge in [-0.3, -0.25) is 0 Å². The molecule has 0 heterocycles. The van der Waals surface area contributed by atoms with Crippen LogP contribution in [0.2, 0.25) is 0 Å². The van der Waals surface area contributed by atoms with Crippen molar-refractivity contribution >= 4 is 0 Å².